The van der Waals surface area contributed by atoms with Gasteiger partial charge in [-0.15, -0.1) is 0 Å². The first-order valence-electron chi connectivity index (χ1n) is 7.22. The molecule has 1 aliphatic rings. The van der Waals surface area contributed by atoms with Crippen LogP contribution in [0.3, 0.4) is 0 Å². The quantitative estimate of drug-likeness (QED) is 0.882. The number of morpholine rings is 1. The molecule has 1 aromatic heterocycles. The van der Waals surface area contributed by atoms with Gasteiger partial charge >= 0.3 is 0 Å². The van der Waals surface area contributed by atoms with Crippen LogP contribution < -0.4 is 0 Å². The van der Waals surface area contributed by atoms with Gasteiger partial charge in [-0.3, -0.25) is 0 Å². The Hall–Kier alpha value is -1.87. The first-order valence-corrected chi connectivity index (χ1v) is 8.66. The van der Waals surface area contributed by atoms with Crippen LogP contribution in [0.1, 0.15) is 5.69 Å². The van der Waals surface area contributed by atoms with Crippen LogP contribution in [0, 0.1) is 0 Å². The van der Waals surface area contributed by atoms with Crippen LogP contribution in [-0.4, -0.2) is 54.1 Å². The third kappa shape index (κ3) is 3.40. The number of aliphatic hydroxyl groups is 1. The van der Waals surface area contributed by atoms with E-state index in [-0.39, 0.29) is 11.5 Å². The highest BCUT2D eigenvalue weighted by molar-refractivity contribution is 7.89. The Morgan fingerprint density at radius 2 is 1.83 bits per heavy atom. The molecule has 0 radical (unpaired) electrons. The zero-order valence-electron chi connectivity index (χ0n) is 12.4. The fourth-order valence-electron chi connectivity index (χ4n) is 2.34. The molecule has 7 nitrogen and oxygen atoms in total. The molecule has 0 atom stereocenters. The summed E-state index contributed by atoms with van der Waals surface area (Å²) in [6.07, 6.45) is 1.56. The van der Waals surface area contributed by atoms with Crippen molar-refractivity contribution in [3.8, 4) is 11.4 Å². The molecule has 23 heavy (non-hydrogen) atoms. The minimum atomic E-state index is -3.50. The molecule has 1 saturated heterocycles. The van der Waals surface area contributed by atoms with Crippen molar-refractivity contribution in [3.05, 3.63) is 42.2 Å². The van der Waals surface area contributed by atoms with Gasteiger partial charge in [0.05, 0.1) is 30.4 Å². The Bertz CT molecular complexity index is 772. The van der Waals surface area contributed by atoms with Crippen molar-refractivity contribution in [1.29, 1.82) is 0 Å². The molecule has 0 bridgehead atoms. The van der Waals surface area contributed by atoms with E-state index in [4.69, 9.17) is 9.84 Å². The maximum absolute atomic E-state index is 12.5. The van der Waals surface area contributed by atoms with E-state index in [1.165, 1.54) is 4.31 Å². The molecule has 0 aliphatic carbocycles. The summed E-state index contributed by atoms with van der Waals surface area (Å²) in [5, 5.41) is 9.12. The van der Waals surface area contributed by atoms with E-state index in [9.17, 15) is 8.42 Å². The Morgan fingerprint density at radius 1 is 1.13 bits per heavy atom. The number of nitrogens with zero attached hydrogens (tertiary/aromatic N) is 3. The monoisotopic (exact) mass is 335 g/mol. The molecular weight excluding hydrogens is 318 g/mol. The summed E-state index contributed by atoms with van der Waals surface area (Å²) in [5.41, 5.74) is 1.21. The van der Waals surface area contributed by atoms with Crippen LogP contribution >= 0.6 is 0 Å². The highest BCUT2D eigenvalue weighted by Gasteiger charge is 2.26. The van der Waals surface area contributed by atoms with Gasteiger partial charge < -0.3 is 9.84 Å². The summed E-state index contributed by atoms with van der Waals surface area (Å²) in [7, 11) is -3.50. The second-order valence-electron chi connectivity index (χ2n) is 5.07. The van der Waals surface area contributed by atoms with Crippen LogP contribution in [0.2, 0.25) is 0 Å². The smallest absolute Gasteiger partial charge is 0.243 e. The summed E-state index contributed by atoms with van der Waals surface area (Å²) in [4.78, 5) is 8.58. The highest BCUT2D eigenvalue weighted by atomic mass is 32.2. The van der Waals surface area contributed by atoms with E-state index in [1.807, 2.05) is 0 Å². The Labute approximate surface area is 134 Å². The normalized spacial score (nSPS) is 16.4. The van der Waals surface area contributed by atoms with Crippen LogP contribution in [0.25, 0.3) is 11.4 Å². The van der Waals surface area contributed by atoms with Crippen molar-refractivity contribution in [1.82, 2.24) is 14.3 Å². The molecule has 0 unspecified atom stereocenters. The second kappa shape index (κ2) is 6.71. The van der Waals surface area contributed by atoms with Crippen LogP contribution in [0.4, 0.5) is 0 Å². The molecule has 1 aliphatic heterocycles. The summed E-state index contributed by atoms with van der Waals surface area (Å²) in [6, 6.07) is 8.07. The van der Waals surface area contributed by atoms with Crippen LogP contribution in [0.15, 0.2) is 41.4 Å². The largest absolute Gasteiger partial charge is 0.390 e. The summed E-state index contributed by atoms with van der Waals surface area (Å²) in [5.74, 6) is 0.451. The number of hydrogen-bond acceptors (Lipinski definition) is 6. The molecule has 0 saturated carbocycles. The predicted octanol–water partition coefficient (Wildman–Crippen LogP) is 0.657. The topological polar surface area (TPSA) is 92.6 Å². The van der Waals surface area contributed by atoms with Crippen molar-refractivity contribution < 1.29 is 18.3 Å². The lowest BCUT2D eigenvalue weighted by Crippen LogP contribution is -2.40. The fraction of sp³-hybridized carbons (Fsp3) is 0.333. The molecule has 8 heteroatoms. The zero-order chi connectivity index (χ0) is 16.3. The second-order valence-corrected chi connectivity index (χ2v) is 7.01. The summed E-state index contributed by atoms with van der Waals surface area (Å²) < 4.78 is 31.7. The maximum Gasteiger partial charge on any atom is 0.243 e. The number of aliphatic hydroxyl groups excluding tert-OH is 1. The van der Waals surface area contributed by atoms with Gasteiger partial charge in [0.2, 0.25) is 10.0 Å². The maximum atomic E-state index is 12.5. The fourth-order valence-corrected chi connectivity index (χ4v) is 3.74. The average molecular weight is 335 g/mol. The molecule has 3 rings (SSSR count). The van der Waals surface area contributed by atoms with Gasteiger partial charge in [0.25, 0.3) is 0 Å². The average Bonchev–Trinajstić information content (AvgIpc) is 2.62. The van der Waals surface area contributed by atoms with Crippen molar-refractivity contribution in [3.63, 3.8) is 0 Å². The summed E-state index contributed by atoms with van der Waals surface area (Å²) >= 11 is 0. The molecule has 1 fully saturated rings. The predicted molar refractivity (Wildman–Crippen MR) is 83.0 cm³/mol. The van der Waals surface area contributed by atoms with E-state index in [0.717, 1.165) is 0 Å². The SMILES string of the molecule is O=S(=O)(c1ccc(-c2nccc(CO)n2)cc1)N1CCOCC1. The van der Waals surface area contributed by atoms with Gasteiger partial charge in [0, 0.05) is 24.8 Å². The minimum Gasteiger partial charge on any atom is -0.390 e. The van der Waals surface area contributed by atoms with Gasteiger partial charge in [-0.05, 0) is 30.3 Å². The molecule has 2 heterocycles. The van der Waals surface area contributed by atoms with E-state index in [2.05, 4.69) is 9.97 Å². The third-order valence-corrected chi connectivity index (χ3v) is 5.51. The lowest BCUT2D eigenvalue weighted by atomic mass is 10.2. The van der Waals surface area contributed by atoms with Gasteiger partial charge in [-0.25, -0.2) is 18.4 Å². The van der Waals surface area contributed by atoms with E-state index < -0.39 is 10.0 Å². The summed E-state index contributed by atoms with van der Waals surface area (Å²) in [6.45, 7) is 1.40. The van der Waals surface area contributed by atoms with Crippen molar-refractivity contribution in [2.75, 3.05) is 26.3 Å². The molecule has 2 aromatic rings. The van der Waals surface area contributed by atoms with Gasteiger partial charge in [0.1, 0.15) is 0 Å². The first kappa shape index (κ1) is 16.0. The Morgan fingerprint density at radius 3 is 2.48 bits per heavy atom. The first-order chi connectivity index (χ1) is 11.1. The number of sulfonamides is 1. The number of hydrogen-bond donors (Lipinski definition) is 1. The minimum absolute atomic E-state index is 0.168. The third-order valence-electron chi connectivity index (χ3n) is 3.60. The number of rotatable bonds is 4. The van der Waals surface area contributed by atoms with Gasteiger partial charge in [0.15, 0.2) is 5.82 Å². The van der Waals surface area contributed by atoms with Gasteiger partial charge in [-0.2, -0.15) is 4.31 Å². The lowest BCUT2D eigenvalue weighted by Gasteiger charge is -2.26. The highest BCUT2D eigenvalue weighted by Crippen LogP contribution is 2.21. The molecule has 1 aromatic carbocycles. The van der Waals surface area contributed by atoms with Crippen molar-refractivity contribution in [2.24, 2.45) is 0 Å². The lowest BCUT2D eigenvalue weighted by molar-refractivity contribution is 0.0730. The Kier molecular flexibility index (Phi) is 4.67. The molecular formula is C15H17N3O4S. The number of ether oxygens (including phenoxy) is 1. The van der Waals surface area contributed by atoms with Crippen molar-refractivity contribution in [2.45, 2.75) is 11.5 Å². The molecule has 0 amide bonds. The van der Waals surface area contributed by atoms with Crippen molar-refractivity contribution >= 4 is 10.0 Å². The molecule has 122 valence electrons. The van der Waals surface area contributed by atoms with E-state index in [1.54, 1.807) is 36.5 Å². The zero-order valence-corrected chi connectivity index (χ0v) is 13.2. The van der Waals surface area contributed by atoms with Gasteiger partial charge in [-0.1, -0.05) is 0 Å². The van der Waals surface area contributed by atoms with E-state index in [0.29, 0.717) is 43.4 Å². The Balaban J connectivity index is 1.86. The van der Waals surface area contributed by atoms with Crippen LogP contribution in [0.5, 0.6) is 0 Å². The van der Waals surface area contributed by atoms with E-state index >= 15 is 0 Å². The van der Waals surface area contributed by atoms with Crippen LogP contribution in [-0.2, 0) is 21.4 Å². The number of benzene rings is 1. The number of aromatic nitrogens is 2. The molecule has 0 spiro atoms. The molecule has 1 N–H and O–H groups in total. The standard InChI is InChI=1S/C15H17N3O4S/c19-11-13-5-6-16-15(17-13)12-1-3-14(4-2-12)23(20,21)18-7-9-22-10-8-18/h1-6,19H,7-11H2.